The Morgan fingerprint density at radius 1 is 1.33 bits per heavy atom. The molecule has 9 heteroatoms. The van der Waals surface area contributed by atoms with E-state index in [0.29, 0.717) is 23.8 Å². The van der Waals surface area contributed by atoms with Crippen LogP contribution in [0.5, 0.6) is 0 Å². The maximum Gasteiger partial charge on any atom is 0.249 e. The van der Waals surface area contributed by atoms with Crippen molar-refractivity contribution in [3.05, 3.63) is 47.2 Å². The SMILES string of the molecule is Cc1c(C#N)c(NC(=O)Cn2nnc(-c3ccccc3)n2)n(C[C@@H]2CCCO2)c1C. The van der Waals surface area contributed by atoms with Crippen LogP contribution in [0, 0.1) is 25.2 Å². The summed E-state index contributed by atoms with van der Waals surface area (Å²) in [6, 6.07) is 11.7. The molecule has 1 atom stereocenters. The highest BCUT2D eigenvalue weighted by Crippen LogP contribution is 2.28. The molecule has 2 aromatic heterocycles. The Morgan fingerprint density at radius 3 is 2.83 bits per heavy atom. The fourth-order valence-electron chi connectivity index (χ4n) is 3.66. The molecule has 1 N–H and O–H groups in total. The molecular formula is C21H23N7O2. The van der Waals surface area contributed by atoms with Crippen molar-refractivity contribution in [1.29, 1.82) is 5.26 Å². The van der Waals surface area contributed by atoms with Gasteiger partial charge in [-0.05, 0) is 37.5 Å². The van der Waals surface area contributed by atoms with Gasteiger partial charge in [-0.25, -0.2) is 0 Å². The summed E-state index contributed by atoms with van der Waals surface area (Å²) in [6.07, 6.45) is 2.08. The van der Waals surface area contributed by atoms with E-state index in [2.05, 4.69) is 26.8 Å². The zero-order chi connectivity index (χ0) is 21.1. The second-order valence-electron chi connectivity index (χ2n) is 7.35. The summed E-state index contributed by atoms with van der Waals surface area (Å²) in [7, 11) is 0. The monoisotopic (exact) mass is 405 g/mol. The van der Waals surface area contributed by atoms with Crippen LogP contribution in [0.4, 0.5) is 5.82 Å². The first-order valence-corrected chi connectivity index (χ1v) is 9.91. The average Bonchev–Trinajstić information content (AvgIpc) is 3.47. The van der Waals surface area contributed by atoms with Crippen LogP contribution in [0.1, 0.15) is 29.7 Å². The molecule has 1 aliphatic heterocycles. The van der Waals surface area contributed by atoms with E-state index < -0.39 is 0 Å². The van der Waals surface area contributed by atoms with Gasteiger partial charge in [-0.15, -0.1) is 10.2 Å². The summed E-state index contributed by atoms with van der Waals surface area (Å²) in [6.45, 7) is 5.09. The van der Waals surface area contributed by atoms with Gasteiger partial charge in [-0.1, -0.05) is 30.3 Å². The first kappa shape index (κ1) is 19.8. The Morgan fingerprint density at radius 2 is 2.13 bits per heavy atom. The summed E-state index contributed by atoms with van der Waals surface area (Å²) in [4.78, 5) is 14.0. The number of tetrazole rings is 1. The third-order valence-corrected chi connectivity index (χ3v) is 5.38. The molecule has 0 saturated carbocycles. The van der Waals surface area contributed by atoms with Crippen molar-refractivity contribution in [3.8, 4) is 17.5 Å². The highest BCUT2D eigenvalue weighted by molar-refractivity contribution is 5.91. The molecule has 4 rings (SSSR count). The third-order valence-electron chi connectivity index (χ3n) is 5.38. The minimum atomic E-state index is -0.324. The summed E-state index contributed by atoms with van der Waals surface area (Å²) >= 11 is 0. The second-order valence-corrected chi connectivity index (χ2v) is 7.35. The first-order valence-electron chi connectivity index (χ1n) is 9.91. The van der Waals surface area contributed by atoms with Crippen LogP contribution in [0.2, 0.25) is 0 Å². The lowest BCUT2D eigenvalue weighted by Gasteiger charge is -2.16. The van der Waals surface area contributed by atoms with Crippen molar-refractivity contribution in [1.82, 2.24) is 24.8 Å². The van der Waals surface area contributed by atoms with E-state index in [1.165, 1.54) is 4.80 Å². The number of hydrogen-bond acceptors (Lipinski definition) is 6. The molecule has 154 valence electrons. The Hall–Kier alpha value is -3.51. The van der Waals surface area contributed by atoms with Gasteiger partial charge in [0.25, 0.3) is 0 Å². The molecule has 0 spiro atoms. The molecule has 30 heavy (non-hydrogen) atoms. The van der Waals surface area contributed by atoms with Gasteiger partial charge in [0, 0.05) is 17.9 Å². The lowest BCUT2D eigenvalue weighted by Crippen LogP contribution is -2.24. The highest BCUT2D eigenvalue weighted by atomic mass is 16.5. The van der Waals surface area contributed by atoms with Gasteiger partial charge in [0.05, 0.1) is 18.2 Å². The molecule has 1 amide bonds. The number of nitrogens with zero attached hydrogens (tertiary/aromatic N) is 6. The van der Waals surface area contributed by atoms with Gasteiger partial charge in [-0.2, -0.15) is 10.1 Å². The molecule has 3 aromatic rings. The van der Waals surface area contributed by atoms with E-state index in [-0.39, 0.29) is 18.6 Å². The maximum atomic E-state index is 12.7. The van der Waals surface area contributed by atoms with Crippen LogP contribution in [0.3, 0.4) is 0 Å². The number of carbonyl (C=O) groups excluding carboxylic acids is 1. The van der Waals surface area contributed by atoms with Crippen LogP contribution in [-0.2, 0) is 22.6 Å². The second kappa shape index (κ2) is 8.47. The molecule has 0 unspecified atom stereocenters. The molecular weight excluding hydrogens is 382 g/mol. The Kier molecular flexibility index (Phi) is 5.59. The molecule has 0 aliphatic carbocycles. The summed E-state index contributed by atoms with van der Waals surface area (Å²) in [5.74, 6) is 0.626. The van der Waals surface area contributed by atoms with Crippen molar-refractivity contribution >= 4 is 11.7 Å². The molecule has 3 heterocycles. The van der Waals surface area contributed by atoms with Gasteiger partial charge in [0.2, 0.25) is 11.7 Å². The van der Waals surface area contributed by atoms with E-state index in [9.17, 15) is 10.1 Å². The summed E-state index contributed by atoms with van der Waals surface area (Å²) in [5.41, 5.74) is 3.10. The average molecular weight is 405 g/mol. The smallest absolute Gasteiger partial charge is 0.249 e. The standard InChI is InChI=1S/C21H23N7O2/c1-14-15(2)27(12-17-9-6-10-30-17)21(18(14)11-22)23-19(29)13-28-25-20(24-26-28)16-7-4-3-5-8-16/h3-5,7-8,17H,6,9-10,12-13H2,1-2H3,(H,23,29)/t17-/m0/s1. The number of rotatable bonds is 6. The van der Waals surface area contributed by atoms with E-state index in [0.717, 1.165) is 36.3 Å². The predicted molar refractivity (Wildman–Crippen MR) is 109 cm³/mol. The molecule has 9 nitrogen and oxygen atoms in total. The molecule has 0 bridgehead atoms. The van der Waals surface area contributed by atoms with Crippen molar-refractivity contribution < 1.29 is 9.53 Å². The summed E-state index contributed by atoms with van der Waals surface area (Å²) in [5, 5.41) is 24.8. The number of carbonyl (C=O) groups is 1. The first-order chi connectivity index (χ1) is 14.6. The number of ether oxygens (including phenoxy) is 1. The van der Waals surface area contributed by atoms with Gasteiger partial charge in [0.15, 0.2) is 0 Å². The third kappa shape index (κ3) is 3.95. The van der Waals surface area contributed by atoms with Gasteiger partial charge in [-0.3, -0.25) is 4.79 Å². The zero-order valence-corrected chi connectivity index (χ0v) is 17.0. The lowest BCUT2D eigenvalue weighted by molar-refractivity contribution is -0.117. The van der Waals surface area contributed by atoms with E-state index in [1.807, 2.05) is 48.7 Å². The van der Waals surface area contributed by atoms with E-state index in [4.69, 9.17) is 4.74 Å². The molecule has 1 saturated heterocycles. The molecule has 1 fully saturated rings. The maximum absolute atomic E-state index is 12.7. The number of hydrogen-bond donors (Lipinski definition) is 1. The fourth-order valence-corrected chi connectivity index (χ4v) is 3.66. The van der Waals surface area contributed by atoms with Crippen molar-refractivity contribution in [3.63, 3.8) is 0 Å². The predicted octanol–water partition coefficient (Wildman–Crippen LogP) is 2.45. The van der Waals surface area contributed by atoms with Crippen LogP contribution in [0.25, 0.3) is 11.4 Å². The lowest BCUT2D eigenvalue weighted by atomic mass is 10.2. The molecule has 0 radical (unpaired) electrons. The number of benzene rings is 1. The highest BCUT2D eigenvalue weighted by Gasteiger charge is 2.24. The topological polar surface area (TPSA) is 111 Å². The van der Waals surface area contributed by atoms with Crippen molar-refractivity contribution in [2.75, 3.05) is 11.9 Å². The van der Waals surface area contributed by atoms with Crippen LogP contribution >= 0.6 is 0 Å². The zero-order valence-electron chi connectivity index (χ0n) is 17.0. The number of nitriles is 1. The van der Waals surface area contributed by atoms with E-state index >= 15 is 0 Å². The number of amides is 1. The van der Waals surface area contributed by atoms with Crippen molar-refractivity contribution in [2.45, 2.75) is 45.9 Å². The van der Waals surface area contributed by atoms with Gasteiger partial charge in [0.1, 0.15) is 18.4 Å². The minimum Gasteiger partial charge on any atom is -0.376 e. The van der Waals surface area contributed by atoms with Crippen LogP contribution in [-0.4, -0.2) is 43.4 Å². The number of nitrogens with one attached hydrogen (secondary N) is 1. The normalized spacial score (nSPS) is 15.8. The number of anilines is 1. The minimum absolute atomic E-state index is 0.0862. The molecule has 1 aliphatic rings. The van der Waals surface area contributed by atoms with Gasteiger partial charge < -0.3 is 14.6 Å². The van der Waals surface area contributed by atoms with Crippen LogP contribution < -0.4 is 5.32 Å². The van der Waals surface area contributed by atoms with Crippen LogP contribution in [0.15, 0.2) is 30.3 Å². The van der Waals surface area contributed by atoms with E-state index in [1.54, 1.807) is 0 Å². The number of aromatic nitrogens is 5. The Bertz CT molecular complexity index is 1090. The largest absolute Gasteiger partial charge is 0.376 e. The van der Waals surface area contributed by atoms with Crippen molar-refractivity contribution in [2.24, 2.45) is 0 Å². The molecule has 1 aromatic carbocycles. The summed E-state index contributed by atoms with van der Waals surface area (Å²) < 4.78 is 7.71. The fraction of sp³-hybridized carbons (Fsp3) is 0.381. The Labute approximate surface area is 174 Å². The quantitative estimate of drug-likeness (QED) is 0.674. The Balaban J connectivity index is 1.52. The van der Waals surface area contributed by atoms with Gasteiger partial charge >= 0.3 is 0 Å².